The number of hydrogen-bond donors (Lipinski definition) is 2. The first-order valence-electron chi connectivity index (χ1n) is 10.6. The first-order valence-corrected chi connectivity index (χ1v) is 10.6. The molecule has 7 nitrogen and oxygen atoms in total. The maximum Gasteiger partial charge on any atom is 0.335 e. The van der Waals surface area contributed by atoms with Gasteiger partial charge in [0.2, 0.25) is 0 Å². The van der Waals surface area contributed by atoms with Crippen LogP contribution in [0.2, 0.25) is 0 Å². The highest BCUT2D eigenvalue weighted by Gasteiger charge is 2.12. The number of benzene rings is 3. The van der Waals surface area contributed by atoms with Crippen LogP contribution in [-0.2, 0) is 11.4 Å². The molecule has 0 bridgehead atoms. The van der Waals surface area contributed by atoms with Gasteiger partial charge < -0.3 is 19.9 Å². The van der Waals surface area contributed by atoms with Crippen molar-refractivity contribution in [3.63, 3.8) is 0 Å². The van der Waals surface area contributed by atoms with E-state index in [0.717, 1.165) is 5.56 Å². The molecule has 0 radical (unpaired) electrons. The van der Waals surface area contributed by atoms with Crippen LogP contribution in [0.1, 0.15) is 34.0 Å². The van der Waals surface area contributed by atoms with Crippen molar-refractivity contribution in [1.82, 2.24) is 0 Å². The Hall–Kier alpha value is -4.57. The molecule has 0 saturated carbocycles. The van der Waals surface area contributed by atoms with Gasteiger partial charge in [-0.3, -0.25) is 4.79 Å². The van der Waals surface area contributed by atoms with Crippen LogP contribution >= 0.6 is 0 Å². The van der Waals surface area contributed by atoms with E-state index >= 15 is 0 Å². The molecule has 0 spiro atoms. The fourth-order valence-electron chi connectivity index (χ4n) is 3.06. The SMILES string of the molecule is CCOc1cc(/C=C(\C#N)C(=O)Nc2ccc(C(=O)O)cc2)ccc1OCc1ccc(C)cc1. The highest BCUT2D eigenvalue weighted by atomic mass is 16.5. The molecule has 3 aromatic carbocycles. The first kappa shape index (κ1) is 24.1. The van der Waals surface area contributed by atoms with Crippen molar-refractivity contribution in [3.05, 3.63) is 94.6 Å². The zero-order chi connectivity index (χ0) is 24.5. The van der Waals surface area contributed by atoms with E-state index in [1.807, 2.05) is 44.2 Å². The number of carbonyl (C=O) groups is 2. The third kappa shape index (κ3) is 6.47. The van der Waals surface area contributed by atoms with Crippen molar-refractivity contribution >= 4 is 23.6 Å². The number of rotatable bonds is 9. The lowest BCUT2D eigenvalue weighted by Crippen LogP contribution is -2.13. The van der Waals surface area contributed by atoms with Crippen molar-refractivity contribution in [2.45, 2.75) is 20.5 Å². The Bertz CT molecular complexity index is 1240. The van der Waals surface area contributed by atoms with E-state index in [9.17, 15) is 14.9 Å². The van der Waals surface area contributed by atoms with Crippen LogP contribution < -0.4 is 14.8 Å². The molecule has 0 saturated heterocycles. The van der Waals surface area contributed by atoms with Gasteiger partial charge in [0.1, 0.15) is 18.2 Å². The molecule has 0 aromatic heterocycles. The molecule has 34 heavy (non-hydrogen) atoms. The smallest absolute Gasteiger partial charge is 0.335 e. The van der Waals surface area contributed by atoms with Crippen LogP contribution in [0.5, 0.6) is 11.5 Å². The molecule has 0 atom stereocenters. The van der Waals surface area contributed by atoms with Gasteiger partial charge in [-0.1, -0.05) is 35.9 Å². The quantitative estimate of drug-likeness (QED) is 0.338. The summed E-state index contributed by atoms with van der Waals surface area (Å²) in [4.78, 5) is 23.5. The predicted molar refractivity (Wildman–Crippen MR) is 129 cm³/mol. The van der Waals surface area contributed by atoms with Gasteiger partial charge in [0.15, 0.2) is 11.5 Å². The molecule has 7 heteroatoms. The van der Waals surface area contributed by atoms with Crippen LogP contribution in [0.3, 0.4) is 0 Å². The lowest BCUT2D eigenvalue weighted by molar-refractivity contribution is -0.112. The largest absolute Gasteiger partial charge is 0.490 e. The number of hydrogen-bond acceptors (Lipinski definition) is 5. The number of amides is 1. The second-order valence-corrected chi connectivity index (χ2v) is 7.42. The summed E-state index contributed by atoms with van der Waals surface area (Å²) in [6.07, 6.45) is 1.45. The molecule has 0 aliphatic rings. The van der Waals surface area contributed by atoms with Crippen molar-refractivity contribution in [2.75, 3.05) is 11.9 Å². The minimum atomic E-state index is -1.06. The molecular weight excluding hydrogens is 432 g/mol. The molecule has 0 unspecified atom stereocenters. The number of carboxylic acids is 1. The molecule has 3 aromatic rings. The van der Waals surface area contributed by atoms with Crippen molar-refractivity contribution in [3.8, 4) is 17.6 Å². The number of anilines is 1. The number of ether oxygens (including phenoxy) is 2. The monoisotopic (exact) mass is 456 g/mol. The molecule has 0 aliphatic heterocycles. The van der Waals surface area contributed by atoms with Gasteiger partial charge in [-0.2, -0.15) is 5.26 Å². The molecule has 0 fully saturated rings. The molecular formula is C27H24N2O5. The second kappa shape index (κ2) is 11.3. The molecule has 172 valence electrons. The Morgan fingerprint density at radius 3 is 2.32 bits per heavy atom. The topological polar surface area (TPSA) is 109 Å². The Morgan fingerprint density at radius 1 is 1.00 bits per heavy atom. The Labute approximate surface area is 197 Å². The Kier molecular flexibility index (Phi) is 8.03. The number of nitriles is 1. The summed E-state index contributed by atoms with van der Waals surface area (Å²) in [5.74, 6) is -0.610. The van der Waals surface area contributed by atoms with E-state index < -0.39 is 11.9 Å². The minimum Gasteiger partial charge on any atom is -0.490 e. The van der Waals surface area contributed by atoms with E-state index in [-0.39, 0.29) is 11.1 Å². The summed E-state index contributed by atoms with van der Waals surface area (Å²) >= 11 is 0. The maximum atomic E-state index is 12.6. The highest BCUT2D eigenvalue weighted by molar-refractivity contribution is 6.09. The van der Waals surface area contributed by atoms with Crippen LogP contribution in [0.15, 0.2) is 72.3 Å². The van der Waals surface area contributed by atoms with Gasteiger partial charge in [0.05, 0.1) is 12.2 Å². The third-order valence-electron chi connectivity index (χ3n) is 4.85. The lowest BCUT2D eigenvalue weighted by atomic mass is 10.1. The zero-order valence-electron chi connectivity index (χ0n) is 18.9. The third-order valence-corrected chi connectivity index (χ3v) is 4.85. The van der Waals surface area contributed by atoms with E-state index in [1.54, 1.807) is 18.2 Å². The fourth-order valence-corrected chi connectivity index (χ4v) is 3.06. The Balaban J connectivity index is 1.75. The number of carboxylic acid groups (broad SMARTS) is 1. The van der Waals surface area contributed by atoms with E-state index in [1.165, 1.54) is 35.9 Å². The van der Waals surface area contributed by atoms with Crippen LogP contribution in [0, 0.1) is 18.3 Å². The van der Waals surface area contributed by atoms with Gasteiger partial charge >= 0.3 is 5.97 Å². The van der Waals surface area contributed by atoms with Crippen LogP contribution in [-0.4, -0.2) is 23.6 Å². The number of aromatic carboxylic acids is 1. The number of nitrogens with one attached hydrogen (secondary N) is 1. The van der Waals surface area contributed by atoms with Crippen molar-refractivity contribution < 1.29 is 24.2 Å². The Morgan fingerprint density at radius 2 is 1.71 bits per heavy atom. The lowest BCUT2D eigenvalue weighted by Gasteiger charge is -2.13. The number of carbonyl (C=O) groups excluding carboxylic acids is 1. The van der Waals surface area contributed by atoms with E-state index in [0.29, 0.717) is 36.0 Å². The van der Waals surface area contributed by atoms with Gasteiger partial charge in [0, 0.05) is 5.69 Å². The summed E-state index contributed by atoms with van der Waals surface area (Å²) in [7, 11) is 0. The number of aryl methyl sites for hydroxylation is 1. The summed E-state index contributed by atoms with van der Waals surface area (Å²) in [5, 5.41) is 21.1. The van der Waals surface area contributed by atoms with Crippen LogP contribution in [0.4, 0.5) is 5.69 Å². The van der Waals surface area contributed by atoms with Gasteiger partial charge in [-0.05, 0) is 67.4 Å². The fraction of sp³-hybridized carbons (Fsp3) is 0.148. The van der Waals surface area contributed by atoms with Gasteiger partial charge in [0.25, 0.3) is 5.91 Å². The zero-order valence-corrected chi connectivity index (χ0v) is 18.9. The average molecular weight is 456 g/mol. The summed E-state index contributed by atoms with van der Waals surface area (Å²) in [6, 6.07) is 20.8. The first-order chi connectivity index (χ1) is 16.4. The highest BCUT2D eigenvalue weighted by Crippen LogP contribution is 2.30. The summed E-state index contributed by atoms with van der Waals surface area (Å²) < 4.78 is 11.6. The summed E-state index contributed by atoms with van der Waals surface area (Å²) in [5.41, 5.74) is 3.16. The van der Waals surface area contributed by atoms with Crippen LogP contribution in [0.25, 0.3) is 6.08 Å². The summed E-state index contributed by atoms with van der Waals surface area (Å²) in [6.45, 7) is 4.68. The average Bonchev–Trinajstić information content (AvgIpc) is 2.83. The predicted octanol–water partition coefficient (Wildman–Crippen LogP) is 5.22. The van der Waals surface area contributed by atoms with Crippen molar-refractivity contribution in [1.29, 1.82) is 5.26 Å². The van der Waals surface area contributed by atoms with E-state index in [4.69, 9.17) is 14.6 Å². The normalized spacial score (nSPS) is 10.8. The molecule has 2 N–H and O–H groups in total. The number of nitrogens with zero attached hydrogens (tertiary/aromatic N) is 1. The minimum absolute atomic E-state index is 0.0992. The molecule has 3 rings (SSSR count). The van der Waals surface area contributed by atoms with E-state index in [2.05, 4.69) is 5.32 Å². The second-order valence-electron chi connectivity index (χ2n) is 7.42. The van der Waals surface area contributed by atoms with Crippen molar-refractivity contribution in [2.24, 2.45) is 0 Å². The maximum absolute atomic E-state index is 12.6. The molecule has 0 aliphatic carbocycles. The van der Waals surface area contributed by atoms with Gasteiger partial charge in [-0.15, -0.1) is 0 Å². The molecule has 0 heterocycles. The standard InChI is InChI=1S/C27H24N2O5/c1-3-33-25-15-20(8-13-24(25)34-17-19-6-4-18(2)5-7-19)14-22(16-28)26(30)29-23-11-9-21(10-12-23)27(31)32/h4-15H,3,17H2,1-2H3,(H,29,30)(H,31,32)/b22-14+. The van der Waals surface area contributed by atoms with Gasteiger partial charge in [-0.25, -0.2) is 4.79 Å². The molecule has 1 amide bonds.